The van der Waals surface area contributed by atoms with Gasteiger partial charge < -0.3 is 5.32 Å². The van der Waals surface area contributed by atoms with E-state index in [9.17, 15) is 28.1 Å². The molecule has 2 aromatic carbocycles. The highest BCUT2D eigenvalue weighted by molar-refractivity contribution is 5.96. The molecule has 0 fully saturated rings. The molecule has 0 spiro atoms. The molecule has 11 heteroatoms. The lowest BCUT2D eigenvalue weighted by Crippen LogP contribution is -2.30. The van der Waals surface area contributed by atoms with Gasteiger partial charge in [0.1, 0.15) is 5.69 Å². The highest BCUT2D eigenvalue weighted by Crippen LogP contribution is 2.34. The van der Waals surface area contributed by atoms with Crippen LogP contribution in [0.5, 0.6) is 0 Å². The molecule has 1 aromatic heterocycles. The van der Waals surface area contributed by atoms with Gasteiger partial charge in [-0.1, -0.05) is 18.2 Å². The number of halogens is 3. The standard InChI is InChI=1S/C21H18F3N5O3/c1-13(16-7-4-5-11-25-16)26-18-10-9-14(12-19(18)29(31)32)20(30)28-27-17-8-3-2-6-15(17)21(22,23)24/h2-13,26-27H,1H3,(H,28,30). The summed E-state index contributed by atoms with van der Waals surface area (Å²) in [6, 6.07) is 13.3. The van der Waals surface area contributed by atoms with Crippen LogP contribution in [-0.4, -0.2) is 15.8 Å². The first kappa shape index (κ1) is 22.5. The van der Waals surface area contributed by atoms with Crippen molar-refractivity contribution in [3.05, 3.63) is 93.8 Å². The second-order valence-electron chi connectivity index (χ2n) is 6.73. The number of pyridine rings is 1. The normalized spacial score (nSPS) is 12.0. The maximum atomic E-state index is 13.1. The Labute approximate surface area is 180 Å². The van der Waals surface area contributed by atoms with Crippen molar-refractivity contribution in [1.29, 1.82) is 0 Å². The Balaban J connectivity index is 1.77. The van der Waals surface area contributed by atoms with Gasteiger partial charge in [-0.3, -0.25) is 30.7 Å². The number of nitrogens with zero attached hydrogens (tertiary/aromatic N) is 2. The first-order valence-corrected chi connectivity index (χ1v) is 9.35. The predicted molar refractivity (Wildman–Crippen MR) is 112 cm³/mol. The first-order valence-electron chi connectivity index (χ1n) is 9.35. The van der Waals surface area contributed by atoms with E-state index in [4.69, 9.17) is 0 Å². The van der Waals surface area contributed by atoms with E-state index < -0.39 is 22.6 Å². The molecule has 1 amide bonds. The SMILES string of the molecule is CC(Nc1ccc(C(=O)NNc2ccccc2C(F)(F)F)cc1[N+](=O)[O-])c1ccccn1. The molecule has 0 aliphatic heterocycles. The van der Waals surface area contributed by atoms with Crippen LogP contribution in [0.1, 0.15) is 34.6 Å². The number of anilines is 2. The Kier molecular flexibility index (Phi) is 6.57. The molecule has 0 saturated carbocycles. The van der Waals surface area contributed by atoms with Crippen molar-refractivity contribution in [2.24, 2.45) is 0 Å². The van der Waals surface area contributed by atoms with Gasteiger partial charge in [0.2, 0.25) is 0 Å². The number of aromatic nitrogens is 1. The summed E-state index contributed by atoms with van der Waals surface area (Å²) in [5.74, 6) is -0.839. The Morgan fingerprint density at radius 3 is 2.44 bits per heavy atom. The maximum Gasteiger partial charge on any atom is 0.418 e. The highest BCUT2D eigenvalue weighted by atomic mass is 19.4. The summed E-state index contributed by atoms with van der Waals surface area (Å²) in [4.78, 5) is 27.5. The lowest BCUT2D eigenvalue weighted by atomic mass is 10.1. The number of hydrogen-bond donors (Lipinski definition) is 3. The quantitative estimate of drug-likeness (QED) is 0.351. The van der Waals surface area contributed by atoms with Gasteiger partial charge in [-0.15, -0.1) is 0 Å². The smallest absolute Gasteiger partial charge is 0.371 e. The van der Waals surface area contributed by atoms with Crippen LogP contribution in [0.25, 0.3) is 0 Å². The van der Waals surface area contributed by atoms with E-state index in [1.807, 2.05) is 0 Å². The first-order chi connectivity index (χ1) is 15.2. The fraction of sp³-hybridized carbons (Fsp3) is 0.143. The largest absolute Gasteiger partial charge is 0.418 e. The number of nitro benzene ring substituents is 1. The molecule has 0 saturated heterocycles. The zero-order valence-electron chi connectivity index (χ0n) is 16.7. The van der Waals surface area contributed by atoms with Gasteiger partial charge in [0, 0.05) is 17.8 Å². The molecule has 0 aliphatic rings. The molecule has 1 atom stereocenters. The third-order valence-electron chi connectivity index (χ3n) is 4.50. The Morgan fingerprint density at radius 1 is 1.06 bits per heavy atom. The second kappa shape index (κ2) is 9.33. The molecule has 166 valence electrons. The molecule has 0 radical (unpaired) electrons. The van der Waals surface area contributed by atoms with Gasteiger partial charge in [0.05, 0.1) is 27.9 Å². The summed E-state index contributed by atoms with van der Waals surface area (Å²) < 4.78 is 39.2. The van der Waals surface area contributed by atoms with Crippen molar-refractivity contribution in [1.82, 2.24) is 10.4 Å². The van der Waals surface area contributed by atoms with E-state index in [2.05, 4.69) is 21.2 Å². The minimum atomic E-state index is -4.62. The van der Waals surface area contributed by atoms with Crippen molar-refractivity contribution in [2.75, 3.05) is 10.7 Å². The third-order valence-corrected chi connectivity index (χ3v) is 4.50. The van der Waals surface area contributed by atoms with E-state index in [1.165, 1.54) is 24.3 Å². The lowest BCUT2D eigenvalue weighted by molar-refractivity contribution is -0.384. The van der Waals surface area contributed by atoms with Crippen LogP contribution >= 0.6 is 0 Å². The van der Waals surface area contributed by atoms with Crippen LogP contribution in [0.3, 0.4) is 0 Å². The van der Waals surface area contributed by atoms with Gasteiger partial charge in [-0.2, -0.15) is 13.2 Å². The number of amides is 1. The van der Waals surface area contributed by atoms with Gasteiger partial charge >= 0.3 is 6.18 Å². The van der Waals surface area contributed by atoms with Crippen LogP contribution in [0.2, 0.25) is 0 Å². The molecule has 32 heavy (non-hydrogen) atoms. The molecule has 8 nitrogen and oxygen atoms in total. The number of hydrazine groups is 1. The van der Waals surface area contributed by atoms with Crippen molar-refractivity contribution in [2.45, 2.75) is 19.1 Å². The van der Waals surface area contributed by atoms with Crippen LogP contribution in [0.15, 0.2) is 66.9 Å². The van der Waals surface area contributed by atoms with E-state index in [0.717, 1.165) is 18.2 Å². The summed E-state index contributed by atoms with van der Waals surface area (Å²) >= 11 is 0. The molecule has 1 unspecified atom stereocenters. The van der Waals surface area contributed by atoms with Gasteiger partial charge in [0.25, 0.3) is 11.6 Å². The van der Waals surface area contributed by atoms with Gasteiger partial charge in [-0.25, -0.2) is 0 Å². The molecule has 1 heterocycles. The maximum absolute atomic E-state index is 13.1. The number of para-hydroxylation sites is 1. The Morgan fingerprint density at radius 2 is 1.78 bits per heavy atom. The second-order valence-corrected chi connectivity index (χ2v) is 6.73. The number of carbonyl (C=O) groups excluding carboxylic acids is 1. The average Bonchev–Trinajstić information content (AvgIpc) is 2.77. The number of hydrogen-bond acceptors (Lipinski definition) is 6. The van der Waals surface area contributed by atoms with Crippen molar-refractivity contribution in [3.8, 4) is 0 Å². The molecular formula is C21H18F3N5O3. The number of alkyl halides is 3. The van der Waals surface area contributed by atoms with Crippen LogP contribution in [0.4, 0.5) is 30.2 Å². The molecule has 3 rings (SSSR count). The van der Waals surface area contributed by atoms with Crippen LogP contribution in [-0.2, 0) is 6.18 Å². The summed E-state index contributed by atoms with van der Waals surface area (Å²) in [6.07, 6.45) is -3.02. The summed E-state index contributed by atoms with van der Waals surface area (Å²) in [6.45, 7) is 1.77. The van der Waals surface area contributed by atoms with Crippen molar-refractivity contribution >= 4 is 23.0 Å². The van der Waals surface area contributed by atoms with E-state index in [1.54, 1.807) is 31.3 Å². The molecule has 0 aliphatic carbocycles. The van der Waals surface area contributed by atoms with Crippen LogP contribution in [0, 0.1) is 10.1 Å². The fourth-order valence-corrected chi connectivity index (χ4v) is 2.92. The summed E-state index contributed by atoms with van der Waals surface area (Å²) in [7, 11) is 0. The monoisotopic (exact) mass is 445 g/mol. The minimum absolute atomic E-state index is 0.107. The number of nitrogens with one attached hydrogen (secondary N) is 3. The summed E-state index contributed by atoms with van der Waals surface area (Å²) in [5.41, 5.74) is 3.40. The Hall–Kier alpha value is -4.15. The predicted octanol–water partition coefficient (Wildman–Crippen LogP) is 4.94. The topological polar surface area (TPSA) is 109 Å². The van der Waals surface area contributed by atoms with E-state index in [0.29, 0.717) is 5.69 Å². The lowest BCUT2D eigenvalue weighted by Gasteiger charge is -2.16. The van der Waals surface area contributed by atoms with Crippen molar-refractivity contribution < 1.29 is 22.9 Å². The fourth-order valence-electron chi connectivity index (χ4n) is 2.92. The minimum Gasteiger partial charge on any atom is -0.371 e. The summed E-state index contributed by atoms with van der Waals surface area (Å²) in [5, 5.41) is 14.5. The molecular weight excluding hydrogens is 427 g/mol. The number of rotatable bonds is 7. The van der Waals surface area contributed by atoms with E-state index in [-0.39, 0.29) is 28.7 Å². The van der Waals surface area contributed by atoms with E-state index >= 15 is 0 Å². The Bertz CT molecular complexity index is 1120. The number of carbonyl (C=O) groups is 1. The van der Waals surface area contributed by atoms with Crippen molar-refractivity contribution in [3.63, 3.8) is 0 Å². The van der Waals surface area contributed by atoms with Crippen LogP contribution < -0.4 is 16.2 Å². The molecule has 0 bridgehead atoms. The number of benzene rings is 2. The molecule has 3 aromatic rings. The third kappa shape index (κ3) is 5.31. The van der Waals surface area contributed by atoms with Gasteiger partial charge in [0.15, 0.2) is 0 Å². The zero-order valence-corrected chi connectivity index (χ0v) is 16.7. The zero-order chi connectivity index (χ0) is 23.3. The highest BCUT2D eigenvalue weighted by Gasteiger charge is 2.33. The number of nitro groups is 1. The average molecular weight is 445 g/mol. The molecule has 3 N–H and O–H groups in total. The van der Waals surface area contributed by atoms with Gasteiger partial charge in [-0.05, 0) is 43.3 Å².